The fourth-order valence-electron chi connectivity index (χ4n) is 4.13. The van der Waals surface area contributed by atoms with E-state index < -0.39 is 23.5 Å². The van der Waals surface area contributed by atoms with Crippen molar-refractivity contribution in [1.29, 1.82) is 0 Å². The Balaban J connectivity index is 1.43. The zero-order chi connectivity index (χ0) is 26.9. The Morgan fingerprint density at radius 1 is 0.632 bits per heavy atom. The van der Waals surface area contributed by atoms with E-state index in [1.807, 2.05) is 0 Å². The average molecular weight is 523 g/mol. The van der Waals surface area contributed by atoms with Gasteiger partial charge in [-0.1, -0.05) is 66.7 Å². The third kappa shape index (κ3) is 5.32. The summed E-state index contributed by atoms with van der Waals surface area (Å²) in [6.45, 7) is 0.282. The summed E-state index contributed by atoms with van der Waals surface area (Å²) in [7, 11) is 0. The van der Waals surface area contributed by atoms with Gasteiger partial charge in [0.15, 0.2) is 5.82 Å². The van der Waals surface area contributed by atoms with Gasteiger partial charge in [-0.2, -0.15) is 26.3 Å². The average Bonchev–Trinajstić information content (AvgIpc) is 2.91. The Morgan fingerprint density at radius 3 is 2.08 bits per heavy atom. The molecule has 5 aromatic rings. The molecule has 0 amide bonds. The zero-order valence-corrected chi connectivity index (χ0v) is 19.6. The van der Waals surface area contributed by atoms with Crippen LogP contribution in [-0.2, 0) is 18.9 Å². The van der Waals surface area contributed by atoms with Crippen LogP contribution in [-0.4, -0.2) is 9.97 Å². The third-order valence-electron chi connectivity index (χ3n) is 6.01. The van der Waals surface area contributed by atoms with E-state index in [1.54, 1.807) is 54.6 Å². The molecule has 0 saturated heterocycles. The Kier molecular flexibility index (Phi) is 6.52. The molecule has 0 aliphatic carbocycles. The van der Waals surface area contributed by atoms with Gasteiger partial charge in [-0.15, -0.1) is 0 Å². The molecule has 0 saturated carbocycles. The van der Waals surface area contributed by atoms with Crippen molar-refractivity contribution in [3.63, 3.8) is 0 Å². The summed E-state index contributed by atoms with van der Waals surface area (Å²) in [4.78, 5) is 8.80. The number of para-hydroxylation sites is 1. The largest absolute Gasteiger partial charge is 0.417 e. The van der Waals surface area contributed by atoms with Crippen molar-refractivity contribution in [2.24, 2.45) is 0 Å². The third-order valence-corrected chi connectivity index (χ3v) is 6.01. The zero-order valence-electron chi connectivity index (χ0n) is 19.6. The summed E-state index contributed by atoms with van der Waals surface area (Å²) in [6, 6.07) is 24.2. The topological polar surface area (TPSA) is 37.8 Å². The quantitative estimate of drug-likeness (QED) is 0.234. The standard InChI is InChI=1S/C29H19F6N3/c30-28(31,32)21-7-5-6-20(16-21)19-14-12-18(13-15-19)17-36-26-23-9-2-4-11-25(23)37-27(38-26)22-8-1-3-10-24(22)29(33,34)35/h1-16H,17H2,(H,36,37,38). The van der Waals surface area contributed by atoms with Gasteiger partial charge in [0.2, 0.25) is 0 Å². The maximum atomic E-state index is 13.6. The lowest BCUT2D eigenvalue weighted by Crippen LogP contribution is -2.09. The molecular formula is C29H19F6N3. The van der Waals surface area contributed by atoms with Crippen molar-refractivity contribution < 1.29 is 26.3 Å². The first-order valence-electron chi connectivity index (χ1n) is 11.5. The summed E-state index contributed by atoms with van der Waals surface area (Å²) in [5.41, 5.74) is 0.676. The van der Waals surface area contributed by atoms with Crippen molar-refractivity contribution in [2.45, 2.75) is 18.9 Å². The molecule has 0 aliphatic heterocycles. The lowest BCUT2D eigenvalue weighted by Gasteiger charge is -2.15. The number of fused-ring (bicyclic) bond motifs is 1. The molecule has 0 atom stereocenters. The summed E-state index contributed by atoms with van der Waals surface area (Å²) in [5, 5.41) is 3.82. The van der Waals surface area contributed by atoms with Gasteiger partial charge in [-0.3, -0.25) is 0 Å². The number of hydrogen-bond acceptors (Lipinski definition) is 3. The molecule has 0 bridgehead atoms. The molecule has 38 heavy (non-hydrogen) atoms. The lowest BCUT2D eigenvalue weighted by molar-refractivity contribution is -0.138. The van der Waals surface area contributed by atoms with E-state index in [-0.39, 0.29) is 17.9 Å². The molecule has 0 spiro atoms. The van der Waals surface area contributed by atoms with Gasteiger partial charge in [-0.05, 0) is 47.0 Å². The van der Waals surface area contributed by atoms with Crippen LogP contribution in [0.1, 0.15) is 16.7 Å². The second-order valence-electron chi connectivity index (χ2n) is 8.59. The van der Waals surface area contributed by atoms with Crippen LogP contribution >= 0.6 is 0 Å². The van der Waals surface area contributed by atoms with E-state index in [1.165, 1.54) is 24.3 Å². The van der Waals surface area contributed by atoms with Gasteiger partial charge < -0.3 is 5.32 Å². The highest BCUT2D eigenvalue weighted by molar-refractivity contribution is 5.90. The fraction of sp³-hybridized carbons (Fsp3) is 0.103. The molecule has 9 heteroatoms. The molecule has 1 aromatic heterocycles. The van der Waals surface area contributed by atoms with Crippen LogP contribution in [0, 0.1) is 0 Å². The minimum atomic E-state index is -4.57. The first kappa shape index (κ1) is 25.3. The normalized spacial score (nSPS) is 12.1. The van der Waals surface area contributed by atoms with E-state index in [2.05, 4.69) is 15.3 Å². The first-order valence-corrected chi connectivity index (χ1v) is 11.5. The molecule has 0 fully saturated rings. The summed E-state index contributed by atoms with van der Waals surface area (Å²) >= 11 is 0. The van der Waals surface area contributed by atoms with Crippen molar-refractivity contribution in [2.75, 3.05) is 5.32 Å². The molecule has 5 rings (SSSR count). The van der Waals surface area contributed by atoms with Crippen molar-refractivity contribution in [1.82, 2.24) is 9.97 Å². The van der Waals surface area contributed by atoms with E-state index in [0.717, 1.165) is 23.8 Å². The van der Waals surface area contributed by atoms with E-state index in [0.29, 0.717) is 27.8 Å². The number of nitrogens with zero attached hydrogens (tertiary/aromatic N) is 2. The number of halogens is 6. The fourth-order valence-corrected chi connectivity index (χ4v) is 4.13. The van der Waals surface area contributed by atoms with Crippen LogP contribution in [0.4, 0.5) is 32.2 Å². The minimum Gasteiger partial charge on any atom is -0.365 e. The number of anilines is 1. The Labute approximate surface area is 213 Å². The molecule has 4 aromatic carbocycles. The van der Waals surface area contributed by atoms with Crippen LogP contribution in [0.15, 0.2) is 97.1 Å². The van der Waals surface area contributed by atoms with Crippen LogP contribution in [0.5, 0.6) is 0 Å². The molecule has 1 heterocycles. The number of benzene rings is 4. The van der Waals surface area contributed by atoms with Gasteiger partial charge in [-0.25, -0.2) is 9.97 Å². The molecule has 0 radical (unpaired) electrons. The summed E-state index contributed by atoms with van der Waals surface area (Å²) in [5.74, 6) is 0.309. The summed E-state index contributed by atoms with van der Waals surface area (Å²) < 4.78 is 80.1. The van der Waals surface area contributed by atoms with Gasteiger partial charge in [0.05, 0.1) is 16.6 Å². The van der Waals surface area contributed by atoms with Crippen molar-refractivity contribution >= 4 is 16.7 Å². The Bertz CT molecular complexity index is 1590. The maximum absolute atomic E-state index is 13.6. The molecular weight excluding hydrogens is 504 g/mol. The lowest BCUT2D eigenvalue weighted by atomic mass is 10.0. The van der Waals surface area contributed by atoms with Gasteiger partial charge >= 0.3 is 12.4 Å². The van der Waals surface area contributed by atoms with E-state index in [9.17, 15) is 26.3 Å². The Hall–Kier alpha value is -4.40. The molecule has 3 nitrogen and oxygen atoms in total. The summed E-state index contributed by atoms with van der Waals surface area (Å²) in [6.07, 6.45) is -9.00. The van der Waals surface area contributed by atoms with Crippen LogP contribution in [0.3, 0.4) is 0 Å². The smallest absolute Gasteiger partial charge is 0.365 e. The van der Waals surface area contributed by atoms with E-state index in [4.69, 9.17) is 0 Å². The predicted octanol–water partition coefficient (Wildman–Crippen LogP) is 8.61. The van der Waals surface area contributed by atoms with Crippen LogP contribution in [0.2, 0.25) is 0 Å². The number of nitrogens with one attached hydrogen (secondary N) is 1. The second kappa shape index (κ2) is 9.81. The SMILES string of the molecule is FC(F)(F)c1cccc(-c2ccc(CNc3nc(-c4ccccc4C(F)(F)F)nc4ccccc34)cc2)c1. The molecule has 192 valence electrons. The number of rotatable bonds is 5. The predicted molar refractivity (Wildman–Crippen MR) is 134 cm³/mol. The van der Waals surface area contributed by atoms with Gasteiger partial charge in [0, 0.05) is 17.5 Å². The highest BCUT2D eigenvalue weighted by Gasteiger charge is 2.34. The molecule has 1 N–H and O–H groups in total. The highest BCUT2D eigenvalue weighted by Crippen LogP contribution is 2.37. The van der Waals surface area contributed by atoms with Crippen LogP contribution < -0.4 is 5.32 Å². The number of aromatic nitrogens is 2. The monoisotopic (exact) mass is 523 g/mol. The Morgan fingerprint density at radius 2 is 1.34 bits per heavy atom. The van der Waals surface area contributed by atoms with Crippen molar-refractivity contribution in [3.05, 3.63) is 114 Å². The minimum absolute atomic E-state index is 0.0565. The highest BCUT2D eigenvalue weighted by atomic mass is 19.4. The second-order valence-corrected chi connectivity index (χ2v) is 8.59. The van der Waals surface area contributed by atoms with Crippen LogP contribution in [0.25, 0.3) is 33.4 Å². The van der Waals surface area contributed by atoms with Crippen molar-refractivity contribution in [3.8, 4) is 22.5 Å². The molecule has 0 aliphatic rings. The van der Waals surface area contributed by atoms with E-state index >= 15 is 0 Å². The number of hydrogen-bond donors (Lipinski definition) is 1. The molecule has 0 unspecified atom stereocenters. The first-order chi connectivity index (χ1) is 18.1. The maximum Gasteiger partial charge on any atom is 0.417 e. The van der Waals surface area contributed by atoms with Gasteiger partial charge in [0.25, 0.3) is 0 Å². The number of alkyl halides is 6. The van der Waals surface area contributed by atoms with Gasteiger partial charge in [0.1, 0.15) is 5.82 Å².